The van der Waals surface area contributed by atoms with E-state index in [4.69, 9.17) is 0 Å². The van der Waals surface area contributed by atoms with Crippen molar-refractivity contribution in [3.63, 3.8) is 0 Å². The van der Waals surface area contributed by atoms with Crippen LogP contribution in [0.1, 0.15) is 77.6 Å². The van der Waals surface area contributed by atoms with Crippen LogP contribution >= 0.6 is 0 Å². The molecule has 0 amide bonds. The smallest absolute Gasteiger partial charge is 0.314 e. The molecular weight excluding hydrogens is 263 g/mol. The molecule has 0 bridgehead atoms. The summed E-state index contributed by atoms with van der Waals surface area (Å²) in [5, 5.41) is 3.51. The molecule has 1 unspecified atom stereocenters. The first-order valence-corrected chi connectivity index (χ1v) is 8.33. The van der Waals surface area contributed by atoms with Gasteiger partial charge < -0.3 is 5.32 Å². The summed E-state index contributed by atoms with van der Waals surface area (Å²) >= 11 is 0. The zero-order chi connectivity index (χ0) is 14.8. The van der Waals surface area contributed by atoms with Crippen molar-refractivity contribution >= 4 is 0 Å². The van der Waals surface area contributed by atoms with E-state index in [1.807, 2.05) is 0 Å². The molecule has 4 heteroatoms. The fourth-order valence-corrected chi connectivity index (χ4v) is 3.25. The van der Waals surface area contributed by atoms with E-state index in [0.717, 1.165) is 13.0 Å². The van der Waals surface area contributed by atoms with Crippen LogP contribution in [0.5, 0.6) is 0 Å². The van der Waals surface area contributed by atoms with Crippen molar-refractivity contribution in [3.05, 3.63) is 0 Å². The highest BCUT2D eigenvalue weighted by Gasteiger charge is 2.28. The van der Waals surface area contributed by atoms with E-state index < -0.39 is 12.6 Å². The quantitative estimate of drug-likeness (QED) is 0.658. The molecule has 1 rings (SSSR count). The van der Waals surface area contributed by atoms with E-state index in [-0.39, 0.29) is 12.5 Å². The fraction of sp³-hybridized carbons (Fsp3) is 1.00. The minimum absolute atomic E-state index is 0.265. The van der Waals surface area contributed by atoms with E-state index in [1.54, 1.807) is 0 Å². The molecular formula is C16H30F3N. The van der Waals surface area contributed by atoms with Crippen LogP contribution in [0.2, 0.25) is 0 Å². The van der Waals surface area contributed by atoms with E-state index in [9.17, 15) is 13.2 Å². The van der Waals surface area contributed by atoms with E-state index in [0.29, 0.717) is 12.3 Å². The van der Waals surface area contributed by atoms with Gasteiger partial charge in [0, 0.05) is 12.5 Å². The van der Waals surface area contributed by atoms with Crippen LogP contribution in [0.15, 0.2) is 0 Å². The zero-order valence-corrected chi connectivity index (χ0v) is 12.8. The van der Waals surface area contributed by atoms with Gasteiger partial charge in [0.05, 0.1) is 0 Å². The number of hydrogen-bond donors (Lipinski definition) is 1. The number of hydrogen-bond acceptors (Lipinski definition) is 1. The normalized spacial score (nSPS) is 20.4. The monoisotopic (exact) mass is 293 g/mol. The van der Waals surface area contributed by atoms with Gasteiger partial charge in [-0.1, -0.05) is 39.0 Å². The first kappa shape index (κ1) is 17.8. The molecule has 1 nitrogen and oxygen atoms in total. The highest BCUT2D eigenvalue weighted by atomic mass is 19.4. The molecule has 20 heavy (non-hydrogen) atoms. The van der Waals surface area contributed by atoms with Gasteiger partial charge in [-0.05, 0) is 44.6 Å². The van der Waals surface area contributed by atoms with Crippen LogP contribution < -0.4 is 5.32 Å². The molecule has 1 N–H and O–H groups in total. The Morgan fingerprint density at radius 3 is 2.20 bits per heavy atom. The second kappa shape index (κ2) is 9.64. The predicted molar refractivity (Wildman–Crippen MR) is 77.8 cm³/mol. The molecule has 120 valence electrons. The van der Waals surface area contributed by atoms with E-state index in [2.05, 4.69) is 12.2 Å². The third-order valence-electron chi connectivity index (χ3n) is 4.35. The molecule has 0 aromatic carbocycles. The van der Waals surface area contributed by atoms with E-state index >= 15 is 0 Å². The van der Waals surface area contributed by atoms with Gasteiger partial charge in [-0.3, -0.25) is 0 Å². The molecule has 0 aromatic rings. The number of alkyl halides is 3. The SMILES string of the molecule is CCCNC(CCCC(F)(F)F)C1CCCCCCC1. The van der Waals surface area contributed by atoms with Gasteiger partial charge in [-0.25, -0.2) is 0 Å². The average molecular weight is 293 g/mol. The Hall–Kier alpha value is -0.250. The van der Waals surface area contributed by atoms with Gasteiger partial charge in [0.2, 0.25) is 0 Å². The molecule has 0 radical (unpaired) electrons. The standard InChI is InChI=1S/C16H30F3N/c1-2-13-20-15(11-8-12-16(17,18)19)14-9-6-4-3-5-7-10-14/h14-15,20H,2-13H2,1H3. The summed E-state index contributed by atoms with van der Waals surface area (Å²) in [4.78, 5) is 0. The first-order valence-electron chi connectivity index (χ1n) is 8.33. The molecule has 0 heterocycles. The Balaban J connectivity index is 2.43. The van der Waals surface area contributed by atoms with Crippen molar-refractivity contribution in [2.24, 2.45) is 5.92 Å². The third kappa shape index (κ3) is 8.13. The minimum Gasteiger partial charge on any atom is -0.314 e. The van der Waals surface area contributed by atoms with Crippen molar-refractivity contribution in [1.29, 1.82) is 0 Å². The van der Waals surface area contributed by atoms with Crippen molar-refractivity contribution < 1.29 is 13.2 Å². The highest BCUT2D eigenvalue weighted by molar-refractivity contribution is 4.78. The van der Waals surface area contributed by atoms with Crippen molar-refractivity contribution in [2.75, 3.05) is 6.54 Å². The van der Waals surface area contributed by atoms with Crippen LogP contribution in [0.25, 0.3) is 0 Å². The van der Waals surface area contributed by atoms with Gasteiger partial charge >= 0.3 is 6.18 Å². The molecule has 0 saturated heterocycles. The highest BCUT2D eigenvalue weighted by Crippen LogP contribution is 2.29. The summed E-state index contributed by atoms with van der Waals surface area (Å²) in [6, 6.07) is 0.287. The minimum atomic E-state index is -4.00. The third-order valence-corrected chi connectivity index (χ3v) is 4.35. The molecule has 1 aliphatic carbocycles. The lowest BCUT2D eigenvalue weighted by atomic mass is 9.83. The largest absolute Gasteiger partial charge is 0.389 e. The second-order valence-electron chi connectivity index (χ2n) is 6.17. The second-order valence-corrected chi connectivity index (χ2v) is 6.17. The van der Waals surface area contributed by atoms with Gasteiger partial charge in [0.25, 0.3) is 0 Å². The van der Waals surface area contributed by atoms with Gasteiger partial charge in [0.1, 0.15) is 0 Å². The Labute approximate surface area is 121 Å². The number of rotatable bonds is 7. The van der Waals surface area contributed by atoms with Crippen molar-refractivity contribution in [2.45, 2.75) is 89.8 Å². The van der Waals surface area contributed by atoms with Gasteiger partial charge in [0.15, 0.2) is 0 Å². The maximum Gasteiger partial charge on any atom is 0.389 e. The fourth-order valence-electron chi connectivity index (χ4n) is 3.25. The predicted octanol–water partition coefficient (Wildman–Crippen LogP) is 5.45. The Morgan fingerprint density at radius 1 is 1.05 bits per heavy atom. The molecule has 1 aliphatic rings. The van der Waals surface area contributed by atoms with Crippen LogP contribution in [-0.2, 0) is 0 Å². The summed E-state index contributed by atoms with van der Waals surface area (Å²) < 4.78 is 36.9. The number of nitrogens with one attached hydrogen (secondary N) is 1. The van der Waals surface area contributed by atoms with Gasteiger partial charge in [-0.15, -0.1) is 0 Å². The molecule has 1 atom stereocenters. The van der Waals surface area contributed by atoms with Crippen LogP contribution in [0.4, 0.5) is 13.2 Å². The van der Waals surface area contributed by atoms with Crippen LogP contribution in [0.3, 0.4) is 0 Å². The topological polar surface area (TPSA) is 12.0 Å². The Morgan fingerprint density at radius 2 is 1.65 bits per heavy atom. The zero-order valence-electron chi connectivity index (χ0n) is 12.8. The lowest BCUT2D eigenvalue weighted by Gasteiger charge is -2.30. The lowest BCUT2D eigenvalue weighted by Crippen LogP contribution is -2.37. The summed E-state index contributed by atoms with van der Waals surface area (Å²) in [7, 11) is 0. The summed E-state index contributed by atoms with van der Waals surface area (Å²) in [6.07, 6.45) is 6.12. The van der Waals surface area contributed by atoms with Gasteiger partial charge in [-0.2, -0.15) is 13.2 Å². The molecule has 0 aliphatic heterocycles. The lowest BCUT2D eigenvalue weighted by molar-refractivity contribution is -0.136. The number of halogens is 3. The summed E-state index contributed by atoms with van der Waals surface area (Å²) in [5.74, 6) is 0.579. The van der Waals surface area contributed by atoms with Crippen molar-refractivity contribution in [1.82, 2.24) is 5.32 Å². The van der Waals surface area contributed by atoms with Crippen LogP contribution in [-0.4, -0.2) is 18.8 Å². The molecule has 1 saturated carbocycles. The van der Waals surface area contributed by atoms with Crippen molar-refractivity contribution in [3.8, 4) is 0 Å². The molecule has 0 spiro atoms. The maximum atomic E-state index is 12.3. The first-order chi connectivity index (χ1) is 9.53. The molecule has 1 fully saturated rings. The molecule has 0 aromatic heterocycles. The maximum absolute atomic E-state index is 12.3. The van der Waals surface area contributed by atoms with E-state index in [1.165, 1.54) is 44.9 Å². The Bertz CT molecular complexity index is 232. The Kier molecular flexibility index (Phi) is 8.58. The average Bonchev–Trinajstić information content (AvgIpc) is 2.32. The summed E-state index contributed by atoms with van der Waals surface area (Å²) in [6.45, 7) is 3.03. The summed E-state index contributed by atoms with van der Waals surface area (Å²) in [5.41, 5.74) is 0. The van der Waals surface area contributed by atoms with Crippen LogP contribution in [0, 0.1) is 5.92 Å².